The van der Waals surface area contributed by atoms with Gasteiger partial charge in [0.1, 0.15) is 23.0 Å². The zero-order chi connectivity index (χ0) is 59.5. The predicted molar refractivity (Wildman–Crippen MR) is 364 cm³/mol. The molecule has 4 aliphatic heterocycles. The summed E-state index contributed by atoms with van der Waals surface area (Å²) in [5.74, 6) is 3.32. The fourth-order valence-corrected chi connectivity index (χ4v) is 16.3. The predicted octanol–water partition coefficient (Wildman–Crippen LogP) is 20.0. The van der Waals surface area contributed by atoms with Gasteiger partial charge in [0.15, 0.2) is 0 Å². The van der Waals surface area contributed by atoms with E-state index in [0.29, 0.717) is 5.39 Å². The standard InChI is InChI=1S/C48H29NO2S.C32H19NO2.C2H6/c50-47-36-23-20-33(30-12-4-1-5-13-30)26-37(36)38-29-52-46-45(38)49(47)42-19-11-10-18-39(42)48(46)40-27-34(31-14-6-2-7-15-31)21-24-43(40)51-44-25-22-35(28-41(44)48)32-16-8-3-9-17-32;34-31-22-11-2-1-10-20(22)21-12-9-16-26-30(21)33(31)27-17-6-3-13-23(27)32(26)24-14-4-7-18-28(24)35-29-19-8-5-15-25(29)32;1-2/h1-29H;1-19H;1-2H3. The van der Waals surface area contributed by atoms with Crippen molar-refractivity contribution in [2.75, 3.05) is 0 Å². The van der Waals surface area contributed by atoms with Gasteiger partial charge in [0, 0.05) is 54.1 Å². The Bertz CT molecular complexity index is 5400. The first kappa shape index (κ1) is 52.2. The largest absolute Gasteiger partial charge is 0.457 e. The molecule has 12 aromatic carbocycles. The first-order valence-electron chi connectivity index (χ1n) is 30.4. The minimum atomic E-state index is -0.765. The normalized spacial score (nSPS) is 13.5. The lowest BCUT2D eigenvalue weighted by Gasteiger charge is -2.45. The number of ether oxygens (including phenoxy) is 2. The lowest BCUT2D eigenvalue weighted by atomic mass is 9.61. The molecular formula is C82H54N2O4S. The quantitative estimate of drug-likeness (QED) is 0.165. The molecule has 4 aliphatic rings. The van der Waals surface area contributed by atoms with Crippen LogP contribution in [0.5, 0.6) is 23.0 Å². The summed E-state index contributed by atoms with van der Waals surface area (Å²) in [6, 6.07) is 98.6. The van der Waals surface area contributed by atoms with E-state index >= 15 is 0 Å². The summed E-state index contributed by atoms with van der Waals surface area (Å²) in [4.78, 5) is 30.0. The van der Waals surface area contributed by atoms with Crippen molar-refractivity contribution in [1.29, 1.82) is 0 Å². The molecule has 0 amide bonds. The molecule has 15 aromatic rings. The molecule has 422 valence electrons. The van der Waals surface area contributed by atoms with Crippen molar-refractivity contribution in [1.82, 2.24) is 9.13 Å². The third-order valence-electron chi connectivity index (χ3n) is 18.6. The van der Waals surface area contributed by atoms with Gasteiger partial charge in [-0.05, 0) is 128 Å². The number of aromatic nitrogens is 2. The minimum Gasteiger partial charge on any atom is -0.457 e. The number of hydrogen-bond acceptors (Lipinski definition) is 5. The molecule has 7 heterocycles. The second-order valence-electron chi connectivity index (χ2n) is 22.9. The topological polar surface area (TPSA) is 62.5 Å². The van der Waals surface area contributed by atoms with Gasteiger partial charge >= 0.3 is 0 Å². The van der Waals surface area contributed by atoms with E-state index in [1.807, 2.05) is 89.7 Å². The summed E-state index contributed by atoms with van der Waals surface area (Å²) in [6.07, 6.45) is 0. The van der Waals surface area contributed by atoms with E-state index in [9.17, 15) is 9.59 Å². The summed E-state index contributed by atoms with van der Waals surface area (Å²) in [6.45, 7) is 4.00. The molecule has 0 fully saturated rings. The maximum atomic E-state index is 14.9. The van der Waals surface area contributed by atoms with E-state index in [1.54, 1.807) is 11.3 Å². The van der Waals surface area contributed by atoms with Gasteiger partial charge in [0.2, 0.25) is 0 Å². The number of nitrogens with zero attached hydrogens (tertiary/aromatic N) is 2. The number of hydrogen-bond donors (Lipinski definition) is 0. The highest BCUT2D eigenvalue weighted by Crippen LogP contribution is 2.63. The Labute approximate surface area is 517 Å². The first-order chi connectivity index (χ1) is 44.0. The van der Waals surface area contributed by atoms with Crippen LogP contribution in [0.4, 0.5) is 0 Å². The fraction of sp³-hybridized carbons (Fsp3) is 0.0488. The van der Waals surface area contributed by atoms with Gasteiger partial charge in [-0.15, -0.1) is 11.3 Å². The summed E-state index contributed by atoms with van der Waals surface area (Å²) in [5.41, 5.74) is 16.6. The SMILES string of the molecule is CC.O=c1c2ccc(-c3ccccc3)cc2c2csc3c2n1-c1ccccc1C31c2cc(-c3ccccc3)ccc2Oc2ccc(-c3ccccc3)cc21.O=c1c2ccccc2c2cccc3c2n1-c1ccccc1C31c2ccccc2Oc2ccccc21. The molecule has 0 aliphatic carbocycles. The molecule has 6 nitrogen and oxygen atoms in total. The number of thiophene rings is 1. The second-order valence-corrected chi connectivity index (χ2v) is 23.7. The molecule has 2 spiro atoms. The van der Waals surface area contributed by atoms with Crippen molar-refractivity contribution in [3.63, 3.8) is 0 Å². The summed E-state index contributed by atoms with van der Waals surface area (Å²) >= 11 is 1.74. The number of para-hydroxylation sites is 5. The van der Waals surface area contributed by atoms with Crippen molar-refractivity contribution < 1.29 is 9.47 Å². The lowest BCUT2D eigenvalue weighted by molar-refractivity contribution is 0.433. The Balaban J connectivity index is 0.000000144. The van der Waals surface area contributed by atoms with Crippen molar-refractivity contribution >= 4 is 54.7 Å². The molecule has 3 aromatic heterocycles. The Kier molecular flexibility index (Phi) is 11.9. The van der Waals surface area contributed by atoms with Crippen LogP contribution in [0.3, 0.4) is 0 Å². The highest BCUT2D eigenvalue weighted by Gasteiger charge is 2.53. The van der Waals surface area contributed by atoms with Crippen molar-refractivity contribution in [3.8, 4) is 67.8 Å². The van der Waals surface area contributed by atoms with Gasteiger partial charge < -0.3 is 9.47 Å². The summed E-state index contributed by atoms with van der Waals surface area (Å²) in [5, 5.41) is 7.82. The van der Waals surface area contributed by atoms with Crippen LogP contribution in [0.2, 0.25) is 0 Å². The third-order valence-corrected chi connectivity index (χ3v) is 19.7. The molecule has 0 saturated heterocycles. The van der Waals surface area contributed by atoms with Crippen LogP contribution < -0.4 is 20.6 Å². The zero-order valence-corrected chi connectivity index (χ0v) is 49.5. The molecule has 0 radical (unpaired) electrons. The Morgan fingerprint density at radius 2 is 0.697 bits per heavy atom. The third kappa shape index (κ3) is 7.37. The van der Waals surface area contributed by atoms with Gasteiger partial charge in [-0.2, -0.15) is 0 Å². The lowest BCUT2D eigenvalue weighted by Crippen LogP contribution is -2.40. The van der Waals surface area contributed by atoms with Crippen LogP contribution in [0, 0.1) is 0 Å². The Hall–Kier alpha value is -11.1. The van der Waals surface area contributed by atoms with Gasteiger partial charge in [-0.1, -0.05) is 232 Å². The van der Waals surface area contributed by atoms with Crippen molar-refractivity contribution in [2.24, 2.45) is 0 Å². The average Bonchev–Trinajstić information content (AvgIpc) is 1.68. The van der Waals surface area contributed by atoms with Gasteiger partial charge in [-0.3, -0.25) is 18.7 Å². The molecule has 89 heavy (non-hydrogen) atoms. The number of pyridine rings is 2. The molecular weight excluding hydrogens is 1110 g/mol. The van der Waals surface area contributed by atoms with Crippen LogP contribution in [0.25, 0.3) is 88.1 Å². The van der Waals surface area contributed by atoms with Crippen LogP contribution in [-0.2, 0) is 10.8 Å². The minimum absolute atomic E-state index is 0.00681. The van der Waals surface area contributed by atoms with Gasteiger partial charge in [0.25, 0.3) is 11.1 Å². The summed E-state index contributed by atoms with van der Waals surface area (Å²) in [7, 11) is 0. The Morgan fingerprint density at radius 1 is 0.292 bits per heavy atom. The molecule has 0 unspecified atom stereocenters. The highest BCUT2D eigenvalue weighted by molar-refractivity contribution is 7.12. The van der Waals surface area contributed by atoms with E-state index in [-0.39, 0.29) is 11.1 Å². The Morgan fingerprint density at radius 3 is 1.26 bits per heavy atom. The van der Waals surface area contributed by atoms with E-state index in [1.165, 1.54) is 0 Å². The second kappa shape index (κ2) is 20.2. The van der Waals surface area contributed by atoms with Crippen molar-refractivity contribution in [2.45, 2.75) is 24.7 Å². The molecule has 0 atom stereocenters. The number of rotatable bonds is 3. The smallest absolute Gasteiger partial charge is 0.263 e. The van der Waals surface area contributed by atoms with Crippen LogP contribution in [-0.4, -0.2) is 9.13 Å². The van der Waals surface area contributed by atoms with Gasteiger partial charge in [-0.25, -0.2) is 0 Å². The molecule has 0 bridgehead atoms. The van der Waals surface area contributed by atoms with E-state index in [2.05, 4.69) is 224 Å². The van der Waals surface area contributed by atoms with E-state index in [0.717, 1.165) is 150 Å². The average molecular weight is 1160 g/mol. The highest BCUT2D eigenvalue weighted by atomic mass is 32.1. The molecule has 0 saturated carbocycles. The number of fused-ring (bicyclic) bond motifs is 20. The zero-order valence-electron chi connectivity index (χ0n) is 48.6. The first-order valence-corrected chi connectivity index (χ1v) is 31.3. The monoisotopic (exact) mass is 1160 g/mol. The maximum absolute atomic E-state index is 14.9. The van der Waals surface area contributed by atoms with E-state index < -0.39 is 10.8 Å². The van der Waals surface area contributed by atoms with Gasteiger partial charge in [0.05, 0.1) is 33.2 Å². The number of benzene rings is 12. The fourth-order valence-electron chi connectivity index (χ4n) is 15.0. The molecule has 0 N–H and O–H groups in total. The van der Waals surface area contributed by atoms with Crippen molar-refractivity contribution in [3.05, 3.63) is 355 Å². The summed E-state index contributed by atoms with van der Waals surface area (Å²) < 4.78 is 17.2. The van der Waals surface area contributed by atoms with Crippen LogP contribution in [0.1, 0.15) is 57.7 Å². The maximum Gasteiger partial charge on any atom is 0.263 e. The molecule has 19 rings (SSSR count). The molecule has 7 heteroatoms. The van der Waals surface area contributed by atoms with Crippen LogP contribution >= 0.6 is 11.3 Å². The van der Waals surface area contributed by atoms with E-state index in [4.69, 9.17) is 9.47 Å². The van der Waals surface area contributed by atoms with Crippen LogP contribution in [0.15, 0.2) is 300 Å².